The Morgan fingerprint density at radius 2 is 1.79 bits per heavy atom. The lowest BCUT2D eigenvalue weighted by Gasteiger charge is -2.26. The zero-order valence-corrected chi connectivity index (χ0v) is 20.7. The highest BCUT2D eigenvalue weighted by Gasteiger charge is 2.48. The van der Waals surface area contributed by atoms with Crippen molar-refractivity contribution >= 4 is 61.6 Å². The fraction of sp³-hybridized carbons (Fsp3) is 0.111. The molecule has 0 spiro atoms. The van der Waals surface area contributed by atoms with E-state index >= 15 is 0 Å². The summed E-state index contributed by atoms with van der Waals surface area (Å²) in [6.07, 6.45) is 0. The standard InChI is InChI=1S/C27H20BrClN2O3/c1-14-12-16(10-11-20(14)28)25(32)23-24(22-15(2)30-21-9-4-3-8-19(21)22)31(27(34)26(23)33)18-7-5-6-17(29)13-18/h3-13,24,30,32H,1-2H3/b25-23+. The molecule has 2 heterocycles. The molecule has 1 atom stereocenters. The number of Topliss-reactive ketones (excluding diaryl/α,β-unsaturated/α-hetero) is 1. The lowest BCUT2D eigenvalue weighted by molar-refractivity contribution is -0.132. The number of halogens is 2. The Bertz CT molecular complexity index is 1520. The number of aliphatic hydroxyl groups is 1. The monoisotopic (exact) mass is 534 g/mol. The first-order chi connectivity index (χ1) is 16.3. The predicted molar refractivity (Wildman–Crippen MR) is 138 cm³/mol. The molecule has 1 saturated heterocycles. The van der Waals surface area contributed by atoms with E-state index in [4.69, 9.17) is 11.6 Å². The molecule has 5 rings (SSSR count). The zero-order valence-electron chi connectivity index (χ0n) is 18.4. The second-order valence-corrected chi connectivity index (χ2v) is 9.61. The van der Waals surface area contributed by atoms with Crippen LogP contribution in [-0.2, 0) is 9.59 Å². The number of aromatic nitrogens is 1. The third-order valence-corrected chi connectivity index (χ3v) is 7.30. The van der Waals surface area contributed by atoms with Crippen molar-refractivity contribution in [1.82, 2.24) is 4.98 Å². The largest absolute Gasteiger partial charge is 0.507 e. The highest BCUT2D eigenvalue weighted by molar-refractivity contribution is 9.10. The Balaban J connectivity index is 1.83. The van der Waals surface area contributed by atoms with Crippen molar-refractivity contribution in [3.63, 3.8) is 0 Å². The van der Waals surface area contributed by atoms with E-state index in [1.807, 2.05) is 44.2 Å². The van der Waals surface area contributed by atoms with Crippen LogP contribution in [0, 0.1) is 13.8 Å². The minimum atomic E-state index is -0.835. The summed E-state index contributed by atoms with van der Waals surface area (Å²) in [6.45, 7) is 3.80. The molecule has 1 fully saturated rings. The molecule has 0 bridgehead atoms. The number of para-hydroxylation sites is 1. The third kappa shape index (κ3) is 3.54. The van der Waals surface area contributed by atoms with Gasteiger partial charge < -0.3 is 10.1 Å². The van der Waals surface area contributed by atoms with E-state index in [1.54, 1.807) is 36.4 Å². The number of hydrogen-bond acceptors (Lipinski definition) is 3. The quantitative estimate of drug-likeness (QED) is 0.172. The Kier molecular flexibility index (Phi) is 5.58. The molecular formula is C27H20BrClN2O3. The van der Waals surface area contributed by atoms with E-state index in [1.165, 1.54) is 4.90 Å². The van der Waals surface area contributed by atoms with Crippen molar-refractivity contribution in [2.24, 2.45) is 0 Å². The smallest absolute Gasteiger partial charge is 0.300 e. The van der Waals surface area contributed by atoms with Crippen LogP contribution in [0.4, 0.5) is 5.69 Å². The van der Waals surface area contributed by atoms with Gasteiger partial charge in [0.25, 0.3) is 11.7 Å². The second-order valence-electron chi connectivity index (χ2n) is 8.32. The van der Waals surface area contributed by atoms with E-state index in [0.29, 0.717) is 16.3 Å². The topological polar surface area (TPSA) is 73.4 Å². The summed E-state index contributed by atoms with van der Waals surface area (Å²) < 4.78 is 0.882. The van der Waals surface area contributed by atoms with Crippen molar-refractivity contribution in [2.45, 2.75) is 19.9 Å². The van der Waals surface area contributed by atoms with Gasteiger partial charge in [0.2, 0.25) is 0 Å². The Morgan fingerprint density at radius 1 is 1.03 bits per heavy atom. The maximum atomic E-state index is 13.4. The number of benzene rings is 3. The van der Waals surface area contributed by atoms with Crippen LogP contribution in [-0.4, -0.2) is 21.8 Å². The molecule has 34 heavy (non-hydrogen) atoms. The van der Waals surface area contributed by atoms with E-state index in [0.717, 1.165) is 32.2 Å². The molecule has 2 N–H and O–H groups in total. The van der Waals surface area contributed by atoms with E-state index < -0.39 is 17.7 Å². The van der Waals surface area contributed by atoms with Gasteiger partial charge in [-0.3, -0.25) is 14.5 Å². The Morgan fingerprint density at radius 3 is 2.53 bits per heavy atom. The number of carbonyl (C=O) groups is 2. The van der Waals surface area contributed by atoms with Gasteiger partial charge in [0.15, 0.2) is 0 Å². The molecular weight excluding hydrogens is 516 g/mol. The Labute approximate surface area is 209 Å². The summed E-state index contributed by atoms with van der Waals surface area (Å²) in [5, 5.41) is 12.7. The van der Waals surface area contributed by atoms with Crippen LogP contribution in [0.3, 0.4) is 0 Å². The van der Waals surface area contributed by atoms with Gasteiger partial charge >= 0.3 is 0 Å². The normalized spacial score (nSPS) is 17.6. The summed E-state index contributed by atoms with van der Waals surface area (Å²) >= 11 is 9.71. The van der Waals surface area contributed by atoms with Gasteiger partial charge in [-0.15, -0.1) is 0 Å². The number of hydrogen-bond donors (Lipinski definition) is 2. The molecule has 1 amide bonds. The first-order valence-corrected chi connectivity index (χ1v) is 11.9. The number of fused-ring (bicyclic) bond motifs is 1. The molecule has 0 aliphatic carbocycles. The van der Waals surface area contributed by atoms with Crippen LogP contribution in [0.1, 0.15) is 28.4 Å². The molecule has 0 radical (unpaired) electrons. The summed E-state index contributed by atoms with van der Waals surface area (Å²) in [6, 6.07) is 19.0. The van der Waals surface area contributed by atoms with Crippen LogP contribution >= 0.6 is 27.5 Å². The predicted octanol–water partition coefficient (Wildman–Crippen LogP) is 6.83. The molecule has 7 heteroatoms. The fourth-order valence-electron chi connectivity index (χ4n) is 4.60. The number of amides is 1. The van der Waals surface area contributed by atoms with Crippen LogP contribution < -0.4 is 4.90 Å². The summed E-state index contributed by atoms with van der Waals surface area (Å²) in [5.41, 5.74) is 4.32. The number of nitrogens with zero attached hydrogens (tertiary/aromatic N) is 1. The SMILES string of the molecule is Cc1cc(/C(O)=C2\C(=O)C(=O)N(c3cccc(Cl)c3)C2c2c(C)[nH]c3ccccc23)ccc1Br. The number of aliphatic hydroxyl groups excluding tert-OH is 1. The molecule has 0 saturated carbocycles. The number of rotatable bonds is 3. The molecule has 5 nitrogen and oxygen atoms in total. The van der Waals surface area contributed by atoms with Gasteiger partial charge in [-0.25, -0.2) is 0 Å². The van der Waals surface area contributed by atoms with Crippen molar-refractivity contribution in [3.8, 4) is 0 Å². The van der Waals surface area contributed by atoms with Crippen molar-refractivity contribution in [2.75, 3.05) is 4.90 Å². The van der Waals surface area contributed by atoms with E-state index in [-0.39, 0.29) is 11.3 Å². The van der Waals surface area contributed by atoms with Gasteiger partial charge in [0, 0.05) is 42.9 Å². The zero-order chi connectivity index (χ0) is 24.1. The minimum absolute atomic E-state index is 0.0413. The summed E-state index contributed by atoms with van der Waals surface area (Å²) in [4.78, 5) is 31.6. The molecule has 1 aromatic heterocycles. The van der Waals surface area contributed by atoms with E-state index in [9.17, 15) is 14.7 Å². The lowest BCUT2D eigenvalue weighted by atomic mass is 9.93. The number of anilines is 1. The van der Waals surface area contributed by atoms with Gasteiger partial charge in [-0.1, -0.05) is 57.9 Å². The average molecular weight is 536 g/mol. The number of nitrogens with one attached hydrogen (secondary N) is 1. The lowest BCUT2D eigenvalue weighted by Crippen LogP contribution is -2.29. The van der Waals surface area contributed by atoms with Gasteiger partial charge in [0.1, 0.15) is 5.76 Å². The van der Waals surface area contributed by atoms with Crippen molar-refractivity contribution < 1.29 is 14.7 Å². The second kappa shape index (κ2) is 8.46. The fourth-order valence-corrected chi connectivity index (χ4v) is 5.03. The van der Waals surface area contributed by atoms with E-state index in [2.05, 4.69) is 20.9 Å². The summed E-state index contributed by atoms with van der Waals surface area (Å²) in [7, 11) is 0. The molecule has 4 aromatic rings. The average Bonchev–Trinajstić information content (AvgIpc) is 3.27. The van der Waals surface area contributed by atoms with Crippen molar-refractivity contribution in [3.05, 3.63) is 104 Å². The minimum Gasteiger partial charge on any atom is -0.507 e. The van der Waals surface area contributed by atoms with Crippen LogP contribution in [0.25, 0.3) is 16.7 Å². The maximum absolute atomic E-state index is 13.4. The van der Waals surface area contributed by atoms with Crippen LogP contribution in [0.15, 0.2) is 76.8 Å². The number of H-pyrrole nitrogens is 1. The van der Waals surface area contributed by atoms with Gasteiger partial charge in [-0.2, -0.15) is 0 Å². The molecule has 170 valence electrons. The number of ketones is 1. The number of aryl methyl sites for hydroxylation is 2. The molecule has 1 aliphatic rings. The van der Waals surface area contributed by atoms with Crippen LogP contribution in [0.2, 0.25) is 5.02 Å². The first-order valence-electron chi connectivity index (χ1n) is 10.7. The van der Waals surface area contributed by atoms with Crippen molar-refractivity contribution in [1.29, 1.82) is 0 Å². The molecule has 1 aliphatic heterocycles. The summed E-state index contributed by atoms with van der Waals surface area (Å²) in [5.74, 6) is -1.67. The Hall–Kier alpha value is -3.35. The molecule has 3 aromatic carbocycles. The first kappa shape index (κ1) is 22.4. The highest BCUT2D eigenvalue weighted by atomic mass is 79.9. The highest BCUT2D eigenvalue weighted by Crippen LogP contribution is 2.45. The van der Waals surface area contributed by atoms with Crippen LogP contribution in [0.5, 0.6) is 0 Å². The number of carbonyl (C=O) groups excluding carboxylic acids is 2. The molecule has 1 unspecified atom stereocenters. The third-order valence-electron chi connectivity index (χ3n) is 6.18. The maximum Gasteiger partial charge on any atom is 0.300 e. The van der Waals surface area contributed by atoms with Gasteiger partial charge in [0.05, 0.1) is 11.6 Å². The van der Waals surface area contributed by atoms with Gasteiger partial charge in [-0.05, 0) is 55.8 Å². The number of aromatic amines is 1.